The number of ether oxygens (including phenoxy) is 2. The summed E-state index contributed by atoms with van der Waals surface area (Å²) in [6, 6.07) is 36.1. The van der Waals surface area contributed by atoms with Crippen molar-refractivity contribution < 1.29 is 33.8 Å². The van der Waals surface area contributed by atoms with Crippen molar-refractivity contribution in [1.29, 1.82) is 0 Å². The first-order valence-electron chi connectivity index (χ1n) is 21.5. The summed E-state index contributed by atoms with van der Waals surface area (Å²) in [5.41, 5.74) is 9.52. The number of nitrogens with two attached hydrogens (primary N) is 1. The van der Waals surface area contributed by atoms with E-state index >= 15 is 9.59 Å². The summed E-state index contributed by atoms with van der Waals surface area (Å²) in [6.07, 6.45) is 5.20. The average molecular weight is 841 g/mol. The Morgan fingerprint density at radius 2 is 1.56 bits per heavy atom. The van der Waals surface area contributed by atoms with Crippen LogP contribution >= 0.6 is 0 Å². The van der Waals surface area contributed by atoms with E-state index in [9.17, 15) is 14.7 Å². The molecule has 7 atom stereocenters. The van der Waals surface area contributed by atoms with Crippen LogP contribution in [-0.2, 0) is 24.5 Å². The highest BCUT2D eigenvalue weighted by Crippen LogP contribution is 2.66. The van der Waals surface area contributed by atoms with Crippen molar-refractivity contribution in [2.75, 3.05) is 18.1 Å². The number of anilines is 1. The lowest BCUT2D eigenvalue weighted by Gasteiger charge is -2.46. The molecule has 5 aromatic carbocycles. The quantitative estimate of drug-likeness (QED) is 0.102. The van der Waals surface area contributed by atoms with Crippen molar-refractivity contribution >= 4 is 29.5 Å². The van der Waals surface area contributed by atoms with Crippen LogP contribution in [0.25, 0.3) is 0 Å². The minimum Gasteiger partial charge on any atom is -0.491 e. The minimum atomic E-state index is -1.99. The number of nitrogens with zero attached hydrogens (tertiary/aromatic N) is 2. The first-order chi connectivity index (χ1) is 30.7. The van der Waals surface area contributed by atoms with Crippen LogP contribution in [0.3, 0.4) is 0 Å². The summed E-state index contributed by atoms with van der Waals surface area (Å²) in [5.74, 6) is 3.13. The van der Waals surface area contributed by atoms with E-state index in [1.165, 1.54) is 0 Å². The molecule has 11 nitrogen and oxygen atoms in total. The van der Waals surface area contributed by atoms with Gasteiger partial charge in [0.05, 0.1) is 36.3 Å². The van der Waals surface area contributed by atoms with Gasteiger partial charge in [0.2, 0.25) is 11.8 Å². The molecule has 4 aliphatic rings. The number of urea groups is 1. The largest absolute Gasteiger partial charge is 0.491 e. The lowest BCUT2D eigenvalue weighted by atomic mass is 9.65. The summed E-state index contributed by atoms with van der Waals surface area (Å²) in [6.45, 7) is 1.59. The Morgan fingerprint density at radius 3 is 2.24 bits per heavy atom. The van der Waals surface area contributed by atoms with E-state index in [1.807, 2.05) is 109 Å². The maximum atomic E-state index is 16.2. The number of aliphatic hydroxyl groups is 1. The van der Waals surface area contributed by atoms with Gasteiger partial charge in [0.25, 0.3) is 0 Å². The maximum absolute atomic E-state index is 16.2. The standard InChI is InChI=1S/C52H48N4O7/c1-33(36-17-8-3-9-18-36)54-51(61)55-42-28-27-35(26-25-34-15-6-2-7-16-34)31-41(42)52(50(55)60)43(48(53)58)45-49(59)63-46(38-21-12-5-13-22-38)44(37-19-10-4-11-20-37)56(45)47(52)39-23-14-24-40(32-39)62-30-29-57/h3-5,8-15,17-24,27-28,31-33,43-47,57H,2,6-7,16,29-30H2,1H3,(H2,53,58)(H,54,61)/t33-,43-,44-,45-,46+,47+,52-/m1/s1. The number of carbonyl (C=O) groups is 4. The fraction of sp³-hybridized carbons (Fsp3) is 0.269. The van der Waals surface area contributed by atoms with Crippen molar-refractivity contribution in [3.63, 3.8) is 0 Å². The highest BCUT2D eigenvalue weighted by atomic mass is 16.6. The van der Waals surface area contributed by atoms with Gasteiger partial charge in [-0.05, 0) is 96.3 Å². The molecule has 0 radical (unpaired) electrons. The Labute approximate surface area is 366 Å². The van der Waals surface area contributed by atoms with E-state index < -0.39 is 65.4 Å². The number of carbonyl (C=O) groups excluding carboxylic acids is 4. The number of nitrogens with one attached hydrogen (secondary N) is 1. The summed E-state index contributed by atoms with van der Waals surface area (Å²) >= 11 is 0. The Bertz CT molecular complexity index is 2640. The second-order valence-corrected chi connectivity index (χ2v) is 16.5. The number of primary amides is 1. The first-order valence-corrected chi connectivity index (χ1v) is 21.5. The van der Waals surface area contributed by atoms with Crippen LogP contribution in [-0.4, -0.2) is 53.1 Å². The normalized spacial score (nSPS) is 24.3. The van der Waals surface area contributed by atoms with Gasteiger partial charge in [-0.2, -0.15) is 0 Å². The highest BCUT2D eigenvalue weighted by Gasteiger charge is 2.75. The zero-order valence-corrected chi connectivity index (χ0v) is 34.9. The van der Waals surface area contributed by atoms with Crippen LogP contribution in [0.2, 0.25) is 0 Å². The van der Waals surface area contributed by atoms with Gasteiger partial charge in [0, 0.05) is 5.56 Å². The molecule has 0 aromatic heterocycles. The molecule has 1 aliphatic carbocycles. The fourth-order valence-corrected chi connectivity index (χ4v) is 10.1. The number of cyclic esters (lactones) is 1. The van der Waals surface area contributed by atoms with Gasteiger partial charge >= 0.3 is 12.0 Å². The molecule has 1 spiro atoms. The monoisotopic (exact) mass is 840 g/mol. The van der Waals surface area contributed by atoms with Crippen LogP contribution in [0.15, 0.2) is 145 Å². The zero-order chi connectivity index (χ0) is 43.7. The molecule has 0 saturated carbocycles. The van der Waals surface area contributed by atoms with Crippen LogP contribution in [0.4, 0.5) is 10.5 Å². The number of hydrogen-bond acceptors (Lipinski definition) is 8. The number of fused-ring (bicyclic) bond motifs is 3. The topological polar surface area (TPSA) is 152 Å². The van der Waals surface area contributed by atoms with E-state index in [0.29, 0.717) is 28.0 Å². The number of imide groups is 1. The zero-order valence-electron chi connectivity index (χ0n) is 34.9. The number of rotatable bonds is 9. The third-order valence-corrected chi connectivity index (χ3v) is 12.8. The van der Waals surface area contributed by atoms with Gasteiger partial charge in [-0.15, -0.1) is 0 Å². The van der Waals surface area contributed by atoms with Crippen molar-refractivity contribution in [3.8, 4) is 17.6 Å². The van der Waals surface area contributed by atoms with Crippen molar-refractivity contribution in [2.45, 2.75) is 68.3 Å². The van der Waals surface area contributed by atoms with E-state index in [0.717, 1.165) is 47.3 Å². The van der Waals surface area contributed by atoms with E-state index in [1.54, 1.807) is 36.4 Å². The highest BCUT2D eigenvalue weighted by molar-refractivity contribution is 6.24. The molecule has 4 amide bonds. The molecule has 63 heavy (non-hydrogen) atoms. The molecule has 2 saturated heterocycles. The van der Waals surface area contributed by atoms with E-state index in [2.05, 4.69) is 23.2 Å². The molecule has 3 heterocycles. The molecule has 318 valence electrons. The Morgan fingerprint density at radius 1 is 0.857 bits per heavy atom. The molecule has 5 aromatic rings. The minimum absolute atomic E-state index is 0.00165. The molecule has 0 unspecified atom stereocenters. The van der Waals surface area contributed by atoms with Crippen LogP contribution < -0.4 is 20.7 Å². The smallest absolute Gasteiger partial charge is 0.329 e. The van der Waals surface area contributed by atoms with Gasteiger partial charge in [-0.25, -0.2) is 9.69 Å². The molecular formula is C52H48N4O7. The third kappa shape index (κ3) is 7.35. The number of allylic oxidation sites excluding steroid dienone is 2. The summed E-state index contributed by atoms with van der Waals surface area (Å²) < 4.78 is 12.4. The lowest BCUT2D eigenvalue weighted by Crippen LogP contribution is -2.55. The SMILES string of the molecule is C[C@@H](NC(=O)N1C(=O)[C@@]2(c3cc(C#CC4=CCCCC4)ccc31)[C@H](c1cccc(OCCO)c1)N1[C@H](c3ccccc3)[C@H](c3ccccc3)OC(=O)[C@H]1[C@@H]2C(N)=O)c1ccccc1. The first kappa shape index (κ1) is 41.4. The number of morpholine rings is 1. The number of amides is 4. The van der Waals surface area contributed by atoms with Crippen molar-refractivity contribution in [1.82, 2.24) is 10.2 Å². The fourth-order valence-electron chi connectivity index (χ4n) is 10.1. The van der Waals surface area contributed by atoms with E-state index in [4.69, 9.17) is 15.2 Å². The Hall–Kier alpha value is -7.00. The van der Waals surface area contributed by atoms with Gasteiger partial charge < -0.3 is 25.6 Å². The van der Waals surface area contributed by atoms with Crippen LogP contribution in [0, 0.1) is 17.8 Å². The van der Waals surface area contributed by atoms with Gasteiger partial charge in [-0.1, -0.05) is 121 Å². The summed E-state index contributed by atoms with van der Waals surface area (Å²) in [5, 5.41) is 12.8. The molecule has 3 aliphatic heterocycles. The second-order valence-electron chi connectivity index (χ2n) is 16.5. The van der Waals surface area contributed by atoms with Gasteiger partial charge in [0.1, 0.15) is 29.9 Å². The predicted molar refractivity (Wildman–Crippen MR) is 237 cm³/mol. The average Bonchev–Trinajstić information content (AvgIpc) is 3.78. The second kappa shape index (κ2) is 17.4. The van der Waals surface area contributed by atoms with Gasteiger partial charge in [-0.3, -0.25) is 19.3 Å². The number of esters is 1. The molecule has 2 fully saturated rings. The molecule has 11 heteroatoms. The summed E-state index contributed by atoms with van der Waals surface area (Å²) in [4.78, 5) is 63.7. The molecule has 0 bridgehead atoms. The number of hydrogen-bond donors (Lipinski definition) is 3. The van der Waals surface area contributed by atoms with Crippen LogP contribution in [0.1, 0.15) is 90.2 Å². The van der Waals surface area contributed by atoms with Crippen molar-refractivity contribution in [3.05, 3.63) is 178 Å². The predicted octanol–water partition coefficient (Wildman–Crippen LogP) is 7.53. The van der Waals surface area contributed by atoms with Crippen LogP contribution in [0.5, 0.6) is 5.75 Å². The van der Waals surface area contributed by atoms with E-state index in [-0.39, 0.29) is 18.9 Å². The Balaban J connectivity index is 1.32. The number of benzene rings is 5. The molecule has 9 rings (SSSR count). The number of aliphatic hydroxyl groups excluding tert-OH is 1. The Kier molecular flexibility index (Phi) is 11.4. The van der Waals surface area contributed by atoms with Gasteiger partial charge in [0.15, 0.2) is 0 Å². The maximum Gasteiger partial charge on any atom is 0.329 e. The lowest BCUT2D eigenvalue weighted by molar-refractivity contribution is -0.178. The summed E-state index contributed by atoms with van der Waals surface area (Å²) in [7, 11) is 0. The molecule has 4 N–H and O–H groups in total. The van der Waals surface area contributed by atoms with Crippen molar-refractivity contribution in [2.24, 2.45) is 11.7 Å². The molecular weight excluding hydrogens is 793 g/mol. The third-order valence-electron chi connectivity index (χ3n) is 12.8.